The summed E-state index contributed by atoms with van der Waals surface area (Å²) in [5, 5.41) is 4.80. The SMILES string of the molecule is CCC(C)C(NC(=O)Nc1ccc(Br)cc1F)C(N)=O. The zero-order valence-electron chi connectivity index (χ0n) is 11.2. The van der Waals surface area contributed by atoms with E-state index in [4.69, 9.17) is 5.73 Å². The minimum absolute atomic E-state index is 0.0260. The minimum Gasteiger partial charge on any atom is -0.368 e. The predicted molar refractivity (Wildman–Crippen MR) is 78.7 cm³/mol. The number of primary amides is 1. The maximum absolute atomic E-state index is 13.6. The van der Waals surface area contributed by atoms with Crippen molar-refractivity contribution >= 4 is 33.6 Å². The Morgan fingerprint density at radius 3 is 2.60 bits per heavy atom. The molecule has 0 spiro atoms. The molecule has 1 aromatic carbocycles. The van der Waals surface area contributed by atoms with E-state index in [1.807, 2.05) is 6.92 Å². The van der Waals surface area contributed by atoms with Crippen LogP contribution in [0.1, 0.15) is 20.3 Å². The van der Waals surface area contributed by atoms with E-state index in [9.17, 15) is 14.0 Å². The number of carbonyl (C=O) groups is 2. The lowest BCUT2D eigenvalue weighted by Gasteiger charge is -2.21. The molecule has 2 unspecified atom stereocenters. The highest BCUT2D eigenvalue weighted by molar-refractivity contribution is 9.10. The molecular formula is C13H17BrFN3O2. The molecular weight excluding hydrogens is 329 g/mol. The Balaban J connectivity index is 2.73. The Morgan fingerprint density at radius 1 is 1.45 bits per heavy atom. The number of carbonyl (C=O) groups excluding carboxylic acids is 2. The first-order valence-electron chi connectivity index (χ1n) is 6.17. The van der Waals surface area contributed by atoms with Crippen LogP contribution in [0, 0.1) is 11.7 Å². The number of rotatable bonds is 5. The average Bonchev–Trinajstić information content (AvgIpc) is 2.38. The molecule has 1 aromatic rings. The normalized spacial score (nSPS) is 13.4. The fourth-order valence-corrected chi connectivity index (χ4v) is 1.95. The van der Waals surface area contributed by atoms with Gasteiger partial charge in [0.15, 0.2) is 0 Å². The van der Waals surface area contributed by atoms with Crippen molar-refractivity contribution < 1.29 is 14.0 Å². The highest BCUT2D eigenvalue weighted by Gasteiger charge is 2.23. The van der Waals surface area contributed by atoms with Gasteiger partial charge in [0, 0.05) is 4.47 Å². The minimum atomic E-state index is -0.793. The maximum Gasteiger partial charge on any atom is 0.319 e. The summed E-state index contributed by atoms with van der Waals surface area (Å²) in [7, 11) is 0. The van der Waals surface area contributed by atoms with Crippen LogP contribution in [0.25, 0.3) is 0 Å². The molecule has 0 heterocycles. The Hall–Kier alpha value is -1.63. The van der Waals surface area contributed by atoms with Crippen LogP contribution in [-0.4, -0.2) is 18.0 Å². The van der Waals surface area contributed by atoms with Gasteiger partial charge in [-0.15, -0.1) is 0 Å². The lowest BCUT2D eigenvalue weighted by atomic mass is 9.99. The van der Waals surface area contributed by atoms with Gasteiger partial charge in [-0.2, -0.15) is 0 Å². The van der Waals surface area contributed by atoms with Gasteiger partial charge in [-0.25, -0.2) is 9.18 Å². The van der Waals surface area contributed by atoms with E-state index in [1.54, 1.807) is 13.0 Å². The van der Waals surface area contributed by atoms with Crippen molar-refractivity contribution in [1.82, 2.24) is 5.32 Å². The summed E-state index contributed by atoms with van der Waals surface area (Å²) in [6, 6.07) is 2.78. The Labute approximate surface area is 125 Å². The van der Waals surface area contributed by atoms with Crippen LogP contribution >= 0.6 is 15.9 Å². The van der Waals surface area contributed by atoms with Crippen LogP contribution in [-0.2, 0) is 4.79 Å². The Bertz CT molecular complexity index is 510. The van der Waals surface area contributed by atoms with Gasteiger partial charge in [0.05, 0.1) is 5.69 Å². The van der Waals surface area contributed by atoms with Crippen molar-refractivity contribution in [2.24, 2.45) is 11.7 Å². The summed E-state index contributed by atoms with van der Waals surface area (Å²) < 4.78 is 14.1. The molecule has 0 aliphatic rings. The molecule has 0 radical (unpaired) electrons. The van der Waals surface area contributed by atoms with Crippen LogP contribution in [0.3, 0.4) is 0 Å². The van der Waals surface area contributed by atoms with Gasteiger partial charge >= 0.3 is 6.03 Å². The van der Waals surface area contributed by atoms with Gasteiger partial charge in [-0.3, -0.25) is 4.79 Å². The monoisotopic (exact) mass is 345 g/mol. The highest BCUT2D eigenvalue weighted by atomic mass is 79.9. The van der Waals surface area contributed by atoms with Crippen molar-refractivity contribution in [3.63, 3.8) is 0 Å². The first-order valence-corrected chi connectivity index (χ1v) is 6.96. The van der Waals surface area contributed by atoms with Crippen LogP contribution in [0.15, 0.2) is 22.7 Å². The number of hydrogen-bond acceptors (Lipinski definition) is 2. The first kappa shape index (κ1) is 16.4. The summed E-state index contributed by atoms with van der Waals surface area (Å²) in [5.74, 6) is -1.30. The predicted octanol–water partition coefficient (Wildman–Crippen LogP) is 2.61. The number of nitrogens with two attached hydrogens (primary N) is 1. The van der Waals surface area contributed by atoms with Crippen LogP contribution in [0.5, 0.6) is 0 Å². The number of halogens is 2. The second-order valence-corrected chi connectivity index (χ2v) is 5.40. The molecule has 3 amide bonds. The fraction of sp³-hybridized carbons (Fsp3) is 0.385. The zero-order valence-corrected chi connectivity index (χ0v) is 12.8. The topological polar surface area (TPSA) is 84.2 Å². The molecule has 0 aliphatic carbocycles. The summed E-state index contributed by atoms with van der Waals surface area (Å²) in [5.41, 5.74) is 5.27. The lowest BCUT2D eigenvalue weighted by molar-refractivity contribution is -0.120. The second kappa shape index (κ2) is 7.23. The van der Waals surface area contributed by atoms with Crippen LogP contribution in [0.4, 0.5) is 14.9 Å². The average molecular weight is 346 g/mol. The molecule has 0 aliphatic heterocycles. The number of anilines is 1. The molecule has 1 rings (SSSR count). The molecule has 5 nitrogen and oxygen atoms in total. The lowest BCUT2D eigenvalue weighted by Crippen LogP contribution is -2.49. The van der Waals surface area contributed by atoms with Crippen molar-refractivity contribution in [1.29, 1.82) is 0 Å². The number of urea groups is 1. The number of amides is 3. The van der Waals surface area contributed by atoms with Gasteiger partial charge in [0.2, 0.25) is 5.91 Å². The van der Waals surface area contributed by atoms with E-state index in [1.165, 1.54) is 12.1 Å². The van der Waals surface area contributed by atoms with Crippen molar-refractivity contribution in [3.05, 3.63) is 28.5 Å². The summed E-state index contributed by atoms with van der Waals surface area (Å²) in [6.45, 7) is 3.69. The summed E-state index contributed by atoms with van der Waals surface area (Å²) in [4.78, 5) is 23.1. The summed E-state index contributed by atoms with van der Waals surface area (Å²) in [6.07, 6.45) is 0.681. The first-order chi connectivity index (χ1) is 9.35. The number of hydrogen-bond donors (Lipinski definition) is 3. The van der Waals surface area contributed by atoms with Gasteiger partial charge in [0.1, 0.15) is 11.9 Å². The van der Waals surface area contributed by atoms with E-state index in [0.717, 1.165) is 0 Å². The van der Waals surface area contributed by atoms with Crippen molar-refractivity contribution in [2.45, 2.75) is 26.3 Å². The van der Waals surface area contributed by atoms with E-state index >= 15 is 0 Å². The Morgan fingerprint density at radius 2 is 2.10 bits per heavy atom. The molecule has 0 bridgehead atoms. The molecule has 20 heavy (non-hydrogen) atoms. The Kier molecular flexibility index (Phi) is 5.94. The highest BCUT2D eigenvalue weighted by Crippen LogP contribution is 2.19. The van der Waals surface area contributed by atoms with Gasteiger partial charge in [-0.05, 0) is 24.1 Å². The third-order valence-corrected chi connectivity index (χ3v) is 3.48. The van der Waals surface area contributed by atoms with Crippen molar-refractivity contribution in [2.75, 3.05) is 5.32 Å². The zero-order chi connectivity index (χ0) is 15.3. The third-order valence-electron chi connectivity index (χ3n) is 2.99. The molecule has 0 saturated carbocycles. The van der Waals surface area contributed by atoms with Gasteiger partial charge < -0.3 is 16.4 Å². The molecule has 2 atom stereocenters. The second-order valence-electron chi connectivity index (χ2n) is 4.49. The number of benzene rings is 1. The fourth-order valence-electron chi connectivity index (χ4n) is 1.62. The third kappa shape index (κ3) is 4.48. The molecule has 0 aromatic heterocycles. The van der Waals surface area contributed by atoms with Gasteiger partial charge in [0.25, 0.3) is 0 Å². The van der Waals surface area contributed by atoms with E-state index < -0.39 is 23.8 Å². The number of nitrogens with one attached hydrogen (secondary N) is 2. The smallest absolute Gasteiger partial charge is 0.319 e. The molecule has 0 fully saturated rings. The quantitative estimate of drug-likeness (QED) is 0.766. The standard InChI is InChI=1S/C13H17BrFN3O2/c1-3-7(2)11(12(16)19)18-13(20)17-10-5-4-8(14)6-9(10)15/h4-7,11H,3H2,1-2H3,(H2,16,19)(H2,17,18,20). The molecule has 110 valence electrons. The molecule has 7 heteroatoms. The van der Waals surface area contributed by atoms with E-state index in [0.29, 0.717) is 10.9 Å². The summed E-state index contributed by atoms with van der Waals surface area (Å²) >= 11 is 3.12. The largest absolute Gasteiger partial charge is 0.368 e. The molecule has 0 saturated heterocycles. The van der Waals surface area contributed by atoms with Crippen molar-refractivity contribution in [3.8, 4) is 0 Å². The maximum atomic E-state index is 13.6. The van der Waals surface area contributed by atoms with E-state index in [-0.39, 0.29) is 11.6 Å². The molecule has 4 N–H and O–H groups in total. The van der Waals surface area contributed by atoms with Gasteiger partial charge in [-0.1, -0.05) is 36.2 Å². The van der Waals surface area contributed by atoms with Crippen LogP contribution < -0.4 is 16.4 Å². The van der Waals surface area contributed by atoms with Crippen LogP contribution in [0.2, 0.25) is 0 Å². The van der Waals surface area contributed by atoms with E-state index in [2.05, 4.69) is 26.6 Å².